The van der Waals surface area contributed by atoms with Crippen molar-refractivity contribution in [2.45, 2.75) is 56.0 Å². The molecule has 1 fully saturated rings. The van der Waals surface area contributed by atoms with E-state index in [9.17, 15) is 23.1 Å². The first-order valence-electron chi connectivity index (χ1n) is 11.9. The van der Waals surface area contributed by atoms with E-state index in [1.807, 2.05) is 6.07 Å². The molecule has 2 aromatic rings. The Morgan fingerprint density at radius 2 is 2.11 bits per heavy atom. The summed E-state index contributed by atoms with van der Waals surface area (Å²) >= 11 is 0. The Bertz CT molecular complexity index is 1150. The summed E-state index contributed by atoms with van der Waals surface area (Å²) in [6.07, 6.45) is 6.15. The molecule has 1 aromatic heterocycles. The third kappa shape index (κ3) is 6.31. The number of rotatable bonds is 12. The number of carbonyl (C=O) groups is 2. The van der Waals surface area contributed by atoms with Crippen LogP contribution in [0.3, 0.4) is 0 Å². The number of aromatic amines is 1. The van der Waals surface area contributed by atoms with E-state index in [4.69, 9.17) is 0 Å². The van der Waals surface area contributed by atoms with Crippen molar-refractivity contribution >= 4 is 33.5 Å². The minimum Gasteiger partial charge on any atom is -0.480 e. The van der Waals surface area contributed by atoms with Crippen molar-refractivity contribution in [3.63, 3.8) is 0 Å². The first kappa shape index (κ1) is 25.0. The molecule has 0 radical (unpaired) electrons. The molecule has 4 rings (SSSR count). The van der Waals surface area contributed by atoms with Crippen LogP contribution in [-0.2, 0) is 26.0 Å². The van der Waals surface area contributed by atoms with Crippen LogP contribution in [0, 0.1) is 5.92 Å². The van der Waals surface area contributed by atoms with Gasteiger partial charge in [0.05, 0.1) is 5.69 Å². The molecule has 0 bridgehead atoms. The minimum atomic E-state index is -4.06. The second-order valence-electron chi connectivity index (χ2n) is 9.25. The summed E-state index contributed by atoms with van der Waals surface area (Å²) in [6, 6.07) is 3.89. The number of benzene rings is 1. The number of aromatic nitrogens is 2. The number of H-pyrrole nitrogens is 1. The highest BCUT2D eigenvalue weighted by molar-refractivity contribution is 7.89. The van der Waals surface area contributed by atoms with Crippen molar-refractivity contribution in [2.75, 3.05) is 30.3 Å². The lowest BCUT2D eigenvalue weighted by molar-refractivity contribution is -0.145. The molecule has 2 atom stereocenters. The number of aliphatic carboxylic acids is 1. The van der Waals surface area contributed by atoms with Crippen molar-refractivity contribution in [1.82, 2.24) is 19.6 Å². The molecular formula is C23H32N6O5S. The fourth-order valence-electron chi connectivity index (χ4n) is 4.37. The number of imidazole rings is 1. The van der Waals surface area contributed by atoms with E-state index < -0.39 is 34.5 Å². The number of fused-ring (bicyclic) bond motifs is 1. The highest BCUT2D eigenvalue weighted by Crippen LogP contribution is 2.32. The van der Waals surface area contributed by atoms with Crippen molar-refractivity contribution in [3.05, 3.63) is 36.2 Å². The molecule has 2 aliphatic rings. The molecule has 1 aliphatic carbocycles. The normalized spacial score (nSPS) is 18.3. The van der Waals surface area contributed by atoms with Gasteiger partial charge >= 0.3 is 5.97 Å². The van der Waals surface area contributed by atoms with Crippen LogP contribution < -0.4 is 15.4 Å². The number of carboxylic acid groups (broad SMARTS) is 1. The maximum absolute atomic E-state index is 13.5. The molecule has 1 aromatic carbocycles. The number of carbonyl (C=O) groups excluding carboxylic acids is 1. The lowest BCUT2D eigenvalue weighted by atomic mass is 9.96. The van der Waals surface area contributed by atoms with E-state index in [1.165, 1.54) is 11.0 Å². The summed E-state index contributed by atoms with van der Waals surface area (Å²) in [5.41, 5.74) is 1.48. The molecule has 2 heterocycles. The smallest absolute Gasteiger partial charge is 0.323 e. The Kier molecular flexibility index (Phi) is 7.60. The zero-order valence-electron chi connectivity index (χ0n) is 19.7. The van der Waals surface area contributed by atoms with E-state index in [0.717, 1.165) is 12.0 Å². The first-order chi connectivity index (χ1) is 16.7. The second-order valence-corrected chi connectivity index (χ2v) is 10.9. The number of nitrogens with zero attached hydrogens (tertiary/aromatic N) is 2. The van der Waals surface area contributed by atoms with Gasteiger partial charge in [0.2, 0.25) is 15.9 Å². The van der Waals surface area contributed by atoms with Crippen LogP contribution in [0.15, 0.2) is 35.5 Å². The van der Waals surface area contributed by atoms with E-state index in [2.05, 4.69) is 32.2 Å². The Balaban J connectivity index is 1.53. The molecule has 1 amide bonds. The molecule has 1 saturated carbocycles. The number of carboxylic acids is 1. The van der Waals surface area contributed by atoms with Crippen LogP contribution in [0.4, 0.5) is 11.6 Å². The average molecular weight is 505 g/mol. The van der Waals surface area contributed by atoms with Gasteiger partial charge in [-0.1, -0.05) is 19.1 Å². The molecule has 35 heavy (non-hydrogen) atoms. The fourth-order valence-corrected chi connectivity index (χ4v) is 5.82. The van der Waals surface area contributed by atoms with Gasteiger partial charge in [0.1, 0.15) is 17.5 Å². The van der Waals surface area contributed by atoms with Gasteiger partial charge in [0.25, 0.3) is 0 Å². The monoisotopic (exact) mass is 504 g/mol. The van der Waals surface area contributed by atoms with Crippen LogP contribution in [-0.4, -0.2) is 72.0 Å². The number of anilines is 2. The zero-order chi connectivity index (χ0) is 25.0. The molecular weight excluding hydrogens is 472 g/mol. The number of para-hydroxylation sites is 1. The fraction of sp³-hybridized carbons (Fsp3) is 0.522. The van der Waals surface area contributed by atoms with Gasteiger partial charge in [0.15, 0.2) is 5.95 Å². The van der Waals surface area contributed by atoms with Crippen LogP contribution in [0.2, 0.25) is 0 Å². The van der Waals surface area contributed by atoms with Gasteiger partial charge in [-0.2, -0.15) is 4.72 Å². The minimum absolute atomic E-state index is 0.101. The quantitative estimate of drug-likeness (QED) is 0.273. The third-order valence-corrected chi connectivity index (χ3v) is 7.74. The van der Waals surface area contributed by atoms with Crippen molar-refractivity contribution in [2.24, 2.45) is 5.92 Å². The predicted octanol–water partition coefficient (Wildman–Crippen LogP) is 1.63. The number of amides is 1. The SMILES string of the molecule is CC1CNc2c(cccc2S(=O)(=O)N[C@@H](CCCNc2ncc[nH]2)C(=O)N(CC(=O)O)C2CC2)C1. The lowest BCUT2D eigenvalue weighted by Gasteiger charge is -2.28. The molecule has 5 N–H and O–H groups in total. The Labute approximate surface area is 204 Å². The zero-order valence-corrected chi connectivity index (χ0v) is 20.5. The third-order valence-electron chi connectivity index (χ3n) is 6.23. The van der Waals surface area contributed by atoms with E-state index in [-0.39, 0.29) is 17.4 Å². The molecule has 12 heteroatoms. The molecule has 1 unspecified atom stereocenters. The Morgan fingerprint density at radius 3 is 2.80 bits per heavy atom. The van der Waals surface area contributed by atoms with Crippen LogP contribution in [0.1, 0.15) is 38.2 Å². The summed E-state index contributed by atoms with van der Waals surface area (Å²) in [6.45, 7) is 2.76. The maximum atomic E-state index is 13.5. The molecule has 0 saturated heterocycles. The van der Waals surface area contributed by atoms with E-state index in [1.54, 1.807) is 18.5 Å². The van der Waals surface area contributed by atoms with Gasteiger partial charge in [-0.15, -0.1) is 0 Å². The van der Waals surface area contributed by atoms with Crippen LogP contribution in [0.25, 0.3) is 0 Å². The summed E-state index contributed by atoms with van der Waals surface area (Å²) in [7, 11) is -4.06. The lowest BCUT2D eigenvalue weighted by Crippen LogP contribution is -2.50. The molecule has 1 aliphatic heterocycles. The average Bonchev–Trinajstić information content (AvgIpc) is 3.53. The number of sulfonamides is 1. The first-order valence-corrected chi connectivity index (χ1v) is 13.4. The number of nitrogens with one attached hydrogen (secondary N) is 4. The van der Waals surface area contributed by atoms with Gasteiger partial charge in [-0.3, -0.25) is 9.59 Å². The molecule has 11 nitrogen and oxygen atoms in total. The largest absolute Gasteiger partial charge is 0.480 e. The second kappa shape index (κ2) is 10.6. The summed E-state index contributed by atoms with van der Waals surface area (Å²) in [5.74, 6) is -0.674. The predicted molar refractivity (Wildman–Crippen MR) is 131 cm³/mol. The van der Waals surface area contributed by atoms with Gasteiger partial charge in [0, 0.05) is 31.5 Å². The highest BCUT2D eigenvalue weighted by Gasteiger charge is 2.38. The van der Waals surface area contributed by atoms with Crippen LogP contribution >= 0.6 is 0 Å². The maximum Gasteiger partial charge on any atom is 0.323 e. The van der Waals surface area contributed by atoms with E-state index >= 15 is 0 Å². The van der Waals surface area contributed by atoms with Crippen molar-refractivity contribution < 1.29 is 23.1 Å². The highest BCUT2D eigenvalue weighted by atomic mass is 32.2. The van der Waals surface area contributed by atoms with Gasteiger partial charge < -0.3 is 25.6 Å². The summed E-state index contributed by atoms with van der Waals surface area (Å²) in [4.78, 5) is 33.2. The standard InChI is InChI=1S/C23H32N6O5S/c1-15-12-16-4-2-6-19(21(16)27-13-15)35(33,34)28-18(5-3-9-24-23-25-10-11-26-23)22(32)29(14-20(30)31)17-7-8-17/h2,4,6,10-11,15,17-18,27-28H,3,5,7-9,12-14H2,1H3,(H,30,31)(H2,24,25,26)/t15?,18-/m0/s1. The van der Waals surface area contributed by atoms with Crippen LogP contribution in [0.5, 0.6) is 0 Å². The van der Waals surface area contributed by atoms with Crippen molar-refractivity contribution in [1.29, 1.82) is 0 Å². The number of hydrogen-bond acceptors (Lipinski definition) is 7. The van der Waals surface area contributed by atoms with E-state index in [0.29, 0.717) is 49.9 Å². The van der Waals surface area contributed by atoms with Gasteiger partial charge in [-0.05, 0) is 49.7 Å². The Hall–Kier alpha value is -3.12. The van der Waals surface area contributed by atoms with Crippen molar-refractivity contribution in [3.8, 4) is 0 Å². The summed E-state index contributed by atoms with van der Waals surface area (Å²) in [5, 5.41) is 15.6. The van der Waals surface area contributed by atoms with Gasteiger partial charge in [-0.25, -0.2) is 13.4 Å². The number of hydrogen-bond donors (Lipinski definition) is 5. The summed E-state index contributed by atoms with van der Waals surface area (Å²) < 4.78 is 29.6. The Morgan fingerprint density at radius 1 is 1.31 bits per heavy atom. The molecule has 190 valence electrons. The topological polar surface area (TPSA) is 157 Å². The molecule has 0 spiro atoms.